The van der Waals surface area contributed by atoms with E-state index in [0.717, 1.165) is 38.3 Å². The maximum Gasteiger partial charge on any atom is 0.241 e. The van der Waals surface area contributed by atoms with Crippen LogP contribution in [-0.2, 0) is 6.42 Å². The van der Waals surface area contributed by atoms with Crippen LogP contribution >= 0.6 is 0 Å². The second-order valence-electron chi connectivity index (χ2n) is 6.44. The van der Waals surface area contributed by atoms with Gasteiger partial charge in [-0.1, -0.05) is 30.3 Å². The van der Waals surface area contributed by atoms with Gasteiger partial charge >= 0.3 is 0 Å². The molecular formula is C17H26N6. The molecule has 3 rings (SSSR count). The van der Waals surface area contributed by atoms with Crippen molar-refractivity contribution in [3.63, 3.8) is 0 Å². The molecule has 0 amide bonds. The number of H-pyrrole nitrogens is 1. The zero-order valence-electron chi connectivity index (χ0n) is 13.9. The van der Waals surface area contributed by atoms with Crippen LogP contribution in [0.5, 0.6) is 0 Å². The number of benzene rings is 1. The number of aromatic nitrogens is 3. The lowest BCUT2D eigenvalue weighted by atomic mass is 9.99. The van der Waals surface area contributed by atoms with Crippen molar-refractivity contribution in [1.82, 2.24) is 20.1 Å². The Hall–Kier alpha value is -2.08. The topological polar surface area (TPSA) is 74.1 Å². The van der Waals surface area contributed by atoms with Gasteiger partial charge in [-0.15, -0.1) is 5.10 Å². The number of nitrogen functional groups attached to an aromatic ring is 1. The van der Waals surface area contributed by atoms with Crippen molar-refractivity contribution in [1.29, 1.82) is 0 Å². The molecule has 0 aliphatic carbocycles. The molecule has 0 saturated carbocycles. The maximum atomic E-state index is 5.59. The first-order valence-corrected chi connectivity index (χ1v) is 8.32. The largest absolute Gasteiger partial charge is 0.366 e. The normalized spacial score (nSPS) is 17.6. The van der Waals surface area contributed by atoms with E-state index in [1.165, 1.54) is 5.56 Å². The third-order valence-electron chi connectivity index (χ3n) is 4.90. The van der Waals surface area contributed by atoms with Crippen LogP contribution in [0.2, 0.25) is 0 Å². The maximum absolute atomic E-state index is 5.59. The first kappa shape index (κ1) is 15.8. The molecule has 3 N–H and O–H groups in total. The molecule has 1 fully saturated rings. The highest BCUT2D eigenvalue weighted by Gasteiger charge is 2.26. The average molecular weight is 314 g/mol. The van der Waals surface area contributed by atoms with E-state index in [2.05, 4.69) is 69.3 Å². The van der Waals surface area contributed by atoms with E-state index < -0.39 is 0 Å². The van der Waals surface area contributed by atoms with Crippen molar-refractivity contribution in [2.45, 2.75) is 38.3 Å². The van der Waals surface area contributed by atoms with Gasteiger partial charge in [0.25, 0.3) is 0 Å². The van der Waals surface area contributed by atoms with Crippen molar-refractivity contribution in [2.24, 2.45) is 0 Å². The number of anilines is 2. The summed E-state index contributed by atoms with van der Waals surface area (Å²) in [7, 11) is 2.25. The highest BCUT2D eigenvalue weighted by molar-refractivity contribution is 5.34. The van der Waals surface area contributed by atoms with Crippen LogP contribution in [0.15, 0.2) is 30.3 Å². The van der Waals surface area contributed by atoms with Crippen LogP contribution in [0.1, 0.15) is 25.3 Å². The number of nitrogens with one attached hydrogen (secondary N) is 1. The summed E-state index contributed by atoms with van der Waals surface area (Å²) in [6.45, 7) is 4.29. The number of nitrogens with zero attached hydrogens (tertiary/aromatic N) is 4. The van der Waals surface area contributed by atoms with Crippen molar-refractivity contribution in [2.75, 3.05) is 30.8 Å². The number of aromatic amines is 1. The van der Waals surface area contributed by atoms with Crippen LogP contribution in [0.25, 0.3) is 0 Å². The second-order valence-corrected chi connectivity index (χ2v) is 6.44. The molecule has 124 valence electrons. The molecule has 1 unspecified atom stereocenters. The van der Waals surface area contributed by atoms with Gasteiger partial charge in [-0.25, -0.2) is 5.10 Å². The minimum atomic E-state index is 0.315. The molecule has 0 bridgehead atoms. The first-order valence-electron chi connectivity index (χ1n) is 8.32. The fourth-order valence-electron chi connectivity index (χ4n) is 3.35. The van der Waals surface area contributed by atoms with E-state index in [1.54, 1.807) is 0 Å². The quantitative estimate of drug-likeness (QED) is 0.882. The monoisotopic (exact) mass is 314 g/mol. The number of likely N-dealkylation sites (N-methyl/N-ethyl adjacent to an activating group) is 1. The second kappa shape index (κ2) is 7.00. The Kier molecular flexibility index (Phi) is 4.81. The fraction of sp³-hybridized carbons (Fsp3) is 0.529. The highest BCUT2D eigenvalue weighted by atomic mass is 15.4. The van der Waals surface area contributed by atoms with Gasteiger partial charge in [0.2, 0.25) is 11.9 Å². The van der Waals surface area contributed by atoms with E-state index >= 15 is 0 Å². The smallest absolute Gasteiger partial charge is 0.241 e. The summed E-state index contributed by atoms with van der Waals surface area (Å²) in [5.41, 5.74) is 6.99. The van der Waals surface area contributed by atoms with Crippen molar-refractivity contribution >= 4 is 11.9 Å². The summed E-state index contributed by atoms with van der Waals surface area (Å²) in [5, 5.41) is 6.81. The molecule has 0 spiro atoms. The summed E-state index contributed by atoms with van der Waals surface area (Å²) in [5.74, 6) is 1.11. The third kappa shape index (κ3) is 3.82. The van der Waals surface area contributed by atoms with Gasteiger partial charge in [-0.05, 0) is 38.8 Å². The molecular weight excluding hydrogens is 288 g/mol. The molecule has 1 aromatic heterocycles. The lowest BCUT2D eigenvalue weighted by Crippen LogP contribution is -2.47. The molecule has 0 radical (unpaired) electrons. The lowest BCUT2D eigenvalue weighted by molar-refractivity contribution is 0.157. The molecule has 6 nitrogen and oxygen atoms in total. The number of rotatable bonds is 5. The number of nitrogens with two attached hydrogens (primary N) is 1. The van der Waals surface area contributed by atoms with E-state index in [1.807, 2.05) is 0 Å². The molecule has 1 atom stereocenters. The number of hydrogen-bond acceptors (Lipinski definition) is 5. The van der Waals surface area contributed by atoms with Gasteiger partial charge < -0.3 is 15.5 Å². The zero-order valence-corrected chi connectivity index (χ0v) is 13.9. The summed E-state index contributed by atoms with van der Waals surface area (Å²) >= 11 is 0. The van der Waals surface area contributed by atoms with Gasteiger partial charge in [0, 0.05) is 25.2 Å². The Morgan fingerprint density at radius 3 is 2.61 bits per heavy atom. The zero-order chi connectivity index (χ0) is 16.2. The Morgan fingerprint density at radius 1 is 1.30 bits per heavy atom. The third-order valence-corrected chi connectivity index (χ3v) is 4.90. The van der Waals surface area contributed by atoms with E-state index in [-0.39, 0.29) is 0 Å². The molecule has 1 aliphatic heterocycles. The van der Waals surface area contributed by atoms with Crippen LogP contribution in [-0.4, -0.2) is 52.3 Å². The molecule has 2 heterocycles. The van der Waals surface area contributed by atoms with Crippen molar-refractivity contribution in [3.05, 3.63) is 35.9 Å². The predicted molar refractivity (Wildman–Crippen MR) is 93.4 cm³/mol. The first-order chi connectivity index (χ1) is 11.1. The van der Waals surface area contributed by atoms with Crippen LogP contribution in [0.4, 0.5) is 11.9 Å². The van der Waals surface area contributed by atoms with Gasteiger partial charge in [0.05, 0.1) is 0 Å². The number of hydrogen-bond donors (Lipinski definition) is 2. The molecule has 23 heavy (non-hydrogen) atoms. The van der Waals surface area contributed by atoms with Crippen LogP contribution in [0.3, 0.4) is 0 Å². The summed E-state index contributed by atoms with van der Waals surface area (Å²) in [6.07, 6.45) is 3.36. The lowest BCUT2D eigenvalue weighted by Gasteiger charge is -2.39. The molecule has 1 aromatic carbocycles. The van der Waals surface area contributed by atoms with Crippen molar-refractivity contribution < 1.29 is 0 Å². The molecule has 1 aliphatic rings. The van der Waals surface area contributed by atoms with Gasteiger partial charge in [-0.2, -0.15) is 4.98 Å². The Bertz CT molecular complexity index is 603. The SMILES string of the molecule is CC(Cc1ccccc1)N(C)C1CCN(c2nc(N)n[nH]2)CC1. The predicted octanol–water partition coefficient (Wildman–Crippen LogP) is 1.92. The Labute approximate surface area is 137 Å². The minimum Gasteiger partial charge on any atom is -0.366 e. The molecule has 1 saturated heterocycles. The van der Waals surface area contributed by atoms with Gasteiger partial charge in [0.1, 0.15) is 0 Å². The van der Waals surface area contributed by atoms with E-state index in [9.17, 15) is 0 Å². The van der Waals surface area contributed by atoms with E-state index in [0.29, 0.717) is 18.0 Å². The van der Waals surface area contributed by atoms with Crippen LogP contribution in [0, 0.1) is 0 Å². The summed E-state index contributed by atoms with van der Waals surface area (Å²) in [6, 6.07) is 11.9. The summed E-state index contributed by atoms with van der Waals surface area (Å²) in [4.78, 5) is 8.98. The standard InChI is InChI=1S/C17H26N6/c1-13(12-14-6-4-3-5-7-14)22(2)15-8-10-23(11-9-15)17-19-16(18)20-21-17/h3-7,13,15H,8-12H2,1-2H3,(H3,18,19,20,21). The van der Waals surface area contributed by atoms with Gasteiger partial charge in [-0.3, -0.25) is 0 Å². The Morgan fingerprint density at radius 2 is 2.00 bits per heavy atom. The minimum absolute atomic E-state index is 0.315. The van der Waals surface area contributed by atoms with Gasteiger partial charge in [0.15, 0.2) is 0 Å². The molecule has 6 heteroatoms. The van der Waals surface area contributed by atoms with E-state index in [4.69, 9.17) is 5.73 Å². The van der Waals surface area contributed by atoms with Crippen LogP contribution < -0.4 is 10.6 Å². The average Bonchev–Trinajstić information content (AvgIpc) is 3.02. The highest BCUT2D eigenvalue weighted by Crippen LogP contribution is 2.21. The fourth-order valence-corrected chi connectivity index (χ4v) is 3.35. The number of piperidine rings is 1. The molecule has 2 aromatic rings. The Balaban J connectivity index is 1.52. The summed E-state index contributed by atoms with van der Waals surface area (Å²) < 4.78 is 0. The van der Waals surface area contributed by atoms with Crippen molar-refractivity contribution in [3.8, 4) is 0 Å².